The third-order valence-corrected chi connectivity index (χ3v) is 4.23. The Kier molecular flexibility index (Phi) is 5.32. The standard InChI is InChI=1S/C16H17ClOS/c1-12-2-8-15(9-3-12)19-11-10-16(18)13-4-6-14(17)7-5-13/h2-9,16,18H,10-11H2,1H3/t16-/m0/s1. The lowest BCUT2D eigenvalue weighted by Crippen LogP contribution is -1.98. The molecule has 0 aliphatic heterocycles. The molecule has 0 amide bonds. The summed E-state index contributed by atoms with van der Waals surface area (Å²) >= 11 is 7.60. The van der Waals surface area contributed by atoms with Gasteiger partial charge in [0.15, 0.2) is 0 Å². The Morgan fingerprint density at radius 1 is 1.05 bits per heavy atom. The predicted molar refractivity (Wildman–Crippen MR) is 82.9 cm³/mol. The smallest absolute Gasteiger partial charge is 0.0798 e. The van der Waals surface area contributed by atoms with Gasteiger partial charge in [0.05, 0.1) is 6.10 Å². The van der Waals surface area contributed by atoms with Gasteiger partial charge in [0.2, 0.25) is 0 Å². The Morgan fingerprint density at radius 2 is 1.68 bits per heavy atom. The fourth-order valence-corrected chi connectivity index (χ4v) is 2.81. The number of aliphatic hydroxyl groups excluding tert-OH is 1. The van der Waals surface area contributed by atoms with Crippen LogP contribution in [0.1, 0.15) is 23.7 Å². The van der Waals surface area contributed by atoms with Crippen LogP contribution in [0.25, 0.3) is 0 Å². The van der Waals surface area contributed by atoms with E-state index in [1.54, 1.807) is 11.8 Å². The van der Waals surface area contributed by atoms with Gasteiger partial charge in [-0.25, -0.2) is 0 Å². The van der Waals surface area contributed by atoms with Crippen LogP contribution in [0.15, 0.2) is 53.4 Å². The van der Waals surface area contributed by atoms with Gasteiger partial charge in [0.25, 0.3) is 0 Å². The van der Waals surface area contributed by atoms with E-state index >= 15 is 0 Å². The quantitative estimate of drug-likeness (QED) is 0.794. The topological polar surface area (TPSA) is 20.2 Å². The molecule has 2 aromatic rings. The maximum atomic E-state index is 10.1. The van der Waals surface area contributed by atoms with Crippen LogP contribution in [0.4, 0.5) is 0 Å². The number of thioether (sulfide) groups is 1. The molecule has 2 rings (SSSR count). The zero-order chi connectivity index (χ0) is 13.7. The van der Waals surface area contributed by atoms with Crippen molar-refractivity contribution in [1.82, 2.24) is 0 Å². The van der Waals surface area contributed by atoms with Gasteiger partial charge in [-0.15, -0.1) is 11.8 Å². The zero-order valence-electron chi connectivity index (χ0n) is 10.8. The van der Waals surface area contributed by atoms with Gasteiger partial charge in [-0.3, -0.25) is 0 Å². The highest BCUT2D eigenvalue weighted by Gasteiger charge is 2.07. The number of benzene rings is 2. The van der Waals surface area contributed by atoms with Gasteiger partial charge in [-0.2, -0.15) is 0 Å². The van der Waals surface area contributed by atoms with Crippen LogP contribution in [0.5, 0.6) is 0 Å². The first-order chi connectivity index (χ1) is 9.15. The predicted octanol–water partition coefficient (Wildman–Crippen LogP) is 4.86. The summed E-state index contributed by atoms with van der Waals surface area (Å²) < 4.78 is 0. The Labute approximate surface area is 123 Å². The maximum Gasteiger partial charge on any atom is 0.0798 e. The van der Waals surface area contributed by atoms with E-state index in [1.807, 2.05) is 24.3 Å². The molecule has 19 heavy (non-hydrogen) atoms. The second-order valence-electron chi connectivity index (χ2n) is 4.52. The summed E-state index contributed by atoms with van der Waals surface area (Å²) in [7, 11) is 0. The average molecular weight is 293 g/mol. The van der Waals surface area contributed by atoms with Crippen LogP contribution in [0.2, 0.25) is 5.02 Å². The molecule has 0 heterocycles. The van der Waals surface area contributed by atoms with Gasteiger partial charge >= 0.3 is 0 Å². The molecule has 0 aromatic heterocycles. The van der Waals surface area contributed by atoms with Crippen LogP contribution in [-0.2, 0) is 0 Å². The second kappa shape index (κ2) is 6.99. The van der Waals surface area contributed by atoms with E-state index < -0.39 is 6.10 Å². The molecule has 100 valence electrons. The molecular formula is C16H17ClOS. The SMILES string of the molecule is Cc1ccc(SCC[C@H](O)c2ccc(Cl)cc2)cc1. The largest absolute Gasteiger partial charge is 0.388 e. The molecule has 0 unspecified atom stereocenters. The van der Waals surface area contributed by atoms with Gasteiger partial charge in [0.1, 0.15) is 0 Å². The zero-order valence-corrected chi connectivity index (χ0v) is 12.4. The molecule has 2 aromatic carbocycles. The summed E-state index contributed by atoms with van der Waals surface area (Å²) in [5.74, 6) is 0.896. The molecule has 1 nitrogen and oxygen atoms in total. The molecule has 1 atom stereocenters. The highest BCUT2D eigenvalue weighted by Crippen LogP contribution is 2.24. The molecule has 0 aliphatic carbocycles. The lowest BCUT2D eigenvalue weighted by Gasteiger charge is -2.10. The van der Waals surface area contributed by atoms with Crippen molar-refractivity contribution in [2.75, 3.05) is 5.75 Å². The van der Waals surface area contributed by atoms with Crippen molar-refractivity contribution in [2.24, 2.45) is 0 Å². The van der Waals surface area contributed by atoms with Gasteiger partial charge in [-0.1, -0.05) is 41.4 Å². The van der Waals surface area contributed by atoms with Crippen LogP contribution in [0, 0.1) is 6.92 Å². The molecule has 0 aliphatic rings. The van der Waals surface area contributed by atoms with Crippen LogP contribution < -0.4 is 0 Å². The third-order valence-electron chi connectivity index (χ3n) is 2.94. The molecule has 0 saturated heterocycles. The Bertz CT molecular complexity index is 507. The van der Waals surface area contributed by atoms with E-state index in [4.69, 9.17) is 11.6 Å². The summed E-state index contributed by atoms with van der Waals surface area (Å²) in [4.78, 5) is 1.24. The summed E-state index contributed by atoms with van der Waals surface area (Å²) in [6.07, 6.45) is 0.315. The van der Waals surface area contributed by atoms with E-state index in [0.717, 1.165) is 17.7 Å². The minimum atomic E-state index is -0.421. The van der Waals surface area contributed by atoms with Gasteiger partial charge in [-0.05, 0) is 43.2 Å². The molecule has 1 N–H and O–H groups in total. The Balaban J connectivity index is 1.82. The molecule has 0 fully saturated rings. The van der Waals surface area contributed by atoms with Crippen molar-refractivity contribution < 1.29 is 5.11 Å². The number of hydrogen-bond acceptors (Lipinski definition) is 2. The van der Waals surface area contributed by atoms with Crippen LogP contribution in [0.3, 0.4) is 0 Å². The monoisotopic (exact) mass is 292 g/mol. The minimum absolute atomic E-state index is 0.421. The minimum Gasteiger partial charge on any atom is -0.388 e. The molecule has 0 bridgehead atoms. The van der Waals surface area contributed by atoms with Crippen molar-refractivity contribution in [3.05, 3.63) is 64.7 Å². The van der Waals surface area contributed by atoms with Crippen molar-refractivity contribution in [2.45, 2.75) is 24.3 Å². The summed E-state index contributed by atoms with van der Waals surface area (Å²) in [5.41, 5.74) is 2.19. The van der Waals surface area contributed by atoms with E-state index in [2.05, 4.69) is 31.2 Å². The van der Waals surface area contributed by atoms with E-state index in [0.29, 0.717) is 5.02 Å². The van der Waals surface area contributed by atoms with Gasteiger partial charge < -0.3 is 5.11 Å². The number of aryl methyl sites for hydroxylation is 1. The number of halogens is 1. The highest BCUT2D eigenvalue weighted by atomic mass is 35.5. The summed E-state index contributed by atoms with van der Waals surface area (Å²) in [5, 5.41) is 10.8. The third kappa shape index (κ3) is 4.57. The van der Waals surface area contributed by atoms with Crippen LogP contribution in [-0.4, -0.2) is 10.9 Å². The average Bonchev–Trinajstić information content (AvgIpc) is 2.41. The second-order valence-corrected chi connectivity index (χ2v) is 6.12. The van der Waals surface area contributed by atoms with E-state index in [-0.39, 0.29) is 0 Å². The van der Waals surface area contributed by atoms with E-state index in [9.17, 15) is 5.11 Å². The van der Waals surface area contributed by atoms with Crippen molar-refractivity contribution in [3.8, 4) is 0 Å². The molecular weight excluding hydrogens is 276 g/mol. The lowest BCUT2D eigenvalue weighted by atomic mass is 10.1. The summed E-state index contributed by atoms with van der Waals surface area (Å²) in [6, 6.07) is 15.8. The molecule has 3 heteroatoms. The lowest BCUT2D eigenvalue weighted by molar-refractivity contribution is 0.175. The number of hydrogen-bond donors (Lipinski definition) is 1. The summed E-state index contributed by atoms with van der Waals surface area (Å²) in [6.45, 7) is 2.08. The first-order valence-corrected chi connectivity index (χ1v) is 7.64. The molecule has 0 saturated carbocycles. The molecule has 0 radical (unpaired) electrons. The number of aliphatic hydroxyl groups is 1. The van der Waals surface area contributed by atoms with Crippen molar-refractivity contribution >= 4 is 23.4 Å². The van der Waals surface area contributed by atoms with Crippen LogP contribution >= 0.6 is 23.4 Å². The van der Waals surface area contributed by atoms with Crippen molar-refractivity contribution in [3.63, 3.8) is 0 Å². The normalized spacial score (nSPS) is 12.4. The van der Waals surface area contributed by atoms with Crippen molar-refractivity contribution in [1.29, 1.82) is 0 Å². The number of rotatable bonds is 5. The fraction of sp³-hybridized carbons (Fsp3) is 0.250. The first-order valence-electron chi connectivity index (χ1n) is 6.28. The maximum absolute atomic E-state index is 10.1. The first kappa shape index (κ1) is 14.4. The van der Waals surface area contributed by atoms with Gasteiger partial charge in [0, 0.05) is 15.7 Å². The highest BCUT2D eigenvalue weighted by molar-refractivity contribution is 7.99. The molecule has 0 spiro atoms. The Hall–Kier alpha value is -0.960. The fourth-order valence-electron chi connectivity index (χ4n) is 1.77. The van der Waals surface area contributed by atoms with E-state index in [1.165, 1.54) is 10.5 Å². The Morgan fingerprint density at radius 3 is 2.32 bits per heavy atom.